The van der Waals surface area contributed by atoms with Gasteiger partial charge in [0.2, 0.25) is 5.82 Å². The molecule has 6 nitrogen and oxygen atoms in total. The number of anilines is 1. The lowest BCUT2D eigenvalue weighted by Crippen LogP contribution is -3.15. The molecule has 0 bridgehead atoms. The number of para-hydroxylation sites is 1. The third-order valence-corrected chi connectivity index (χ3v) is 6.37. The van der Waals surface area contributed by atoms with Crippen LogP contribution in [-0.4, -0.2) is 46.4 Å². The molecule has 0 amide bonds. The highest BCUT2D eigenvalue weighted by molar-refractivity contribution is 5.46. The van der Waals surface area contributed by atoms with E-state index in [1.807, 2.05) is 0 Å². The predicted molar refractivity (Wildman–Crippen MR) is 107 cm³/mol. The number of rotatable bonds is 7. The van der Waals surface area contributed by atoms with Crippen LogP contribution in [0, 0.1) is 0 Å². The van der Waals surface area contributed by atoms with E-state index in [2.05, 4.69) is 62.4 Å². The molecule has 2 fully saturated rings. The Kier molecular flexibility index (Phi) is 6.02. The number of hydrogen-bond acceptors (Lipinski definition) is 4. The molecule has 0 radical (unpaired) electrons. The van der Waals surface area contributed by atoms with Gasteiger partial charge in [-0.3, -0.25) is 0 Å². The van der Waals surface area contributed by atoms with Crippen LogP contribution in [0.4, 0.5) is 5.69 Å². The molecule has 1 saturated carbocycles. The van der Waals surface area contributed by atoms with Gasteiger partial charge in [0.15, 0.2) is 0 Å². The van der Waals surface area contributed by atoms with Gasteiger partial charge in [0, 0.05) is 12.1 Å². The highest BCUT2D eigenvalue weighted by atomic mass is 15.6. The number of piperazine rings is 1. The maximum absolute atomic E-state index is 4.53. The van der Waals surface area contributed by atoms with Gasteiger partial charge >= 0.3 is 0 Å². The molecule has 2 heterocycles. The van der Waals surface area contributed by atoms with Crippen molar-refractivity contribution in [2.75, 3.05) is 31.1 Å². The number of nitrogens with one attached hydrogen (secondary N) is 1. The SMILES string of the molecule is CCCC[C@H](c1nnnn1C1CCCC1)[NH+]1CCN(c2ccccc2)CC1. The smallest absolute Gasteiger partial charge is 0.209 e. The van der Waals surface area contributed by atoms with E-state index in [4.69, 9.17) is 0 Å². The van der Waals surface area contributed by atoms with E-state index in [-0.39, 0.29) is 0 Å². The maximum Gasteiger partial charge on any atom is 0.209 e. The molecule has 1 aromatic carbocycles. The quantitative estimate of drug-likeness (QED) is 0.814. The first-order chi connectivity index (χ1) is 13.4. The molecule has 1 N–H and O–H groups in total. The Balaban J connectivity index is 1.48. The van der Waals surface area contributed by atoms with Crippen LogP contribution in [0.3, 0.4) is 0 Å². The van der Waals surface area contributed by atoms with Gasteiger partial charge in [-0.25, -0.2) is 4.68 Å². The molecule has 2 aromatic rings. The molecule has 146 valence electrons. The van der Waals surface area contributed by atoms with Crippen LogP contribution in [0.5, 0.6) is 0 Å². The van der Waals surface area contributed by atoms with Crippen molar-refractivity contribution in [3.8, 4) is 0 Å². The molecule has 0 spiro atoms. The van der Waals surface area contributed by atoms with Crippen molar-refractivity contribution in [1.82, 2.24) is 20.2 Å². The van der Waals surface area contributed by atoms with Crippen LogP contribution in [0.25, 0.3) is 0 Å². The minimum Gasteiger partial charge on any atom is -0.360 e. The Morgan fingerprint density at radius 3 is 2.56 bits per heavy atom. The second-order valence-corrected chi connectivity index (χ2v) is 8.10. The van der Waals surface area contributed by atoms with Gasteiger partial charge in [-0.1, -0.05) is 44.4 Å². The van der Waals surface area contributed by atoms with Crippen molar-refractivity contribution in [3.05, 3.63) is 36.2 Å². The fraction of sp³-hybridized carbons (Fsp3) is 0.667. The van der Waals surface area contributed by atoms with Crippen LogP contribution >= 0.6 is 0 Å². The number of unbranched alkanes of at least 4 members (excludes halogenated alkanes) is 1. The summed E-state index contributed by atoms with van der Waals surface area (Å²) in [7, 11) is 0. The van der Waals surface area contributed by atoms with E-state index < -0.39 is 0 Å². The van der Waals surface area contributed by atoms with Crippen LogP contribution < -0.4 is 9.80 Å². The van der Waals surface area contributed by atoms with Gasteiger partial charge in [0.05, 0.1) is 32.2 Å². The largest absolute Gasteiger partial charge is 0.360 e. The second-order valence-electron chi connectivity index (χ2n) is 8.10. The lowest BCUT2D eigenvalue weighted by molar-refractivity contribution is -0.933. The molecule has 1 atom stereocenters. The zero-order valence-electron chi connectivity index (χ0n) is 16.6. The summed E-state index contributed by atoms with van der Waals surface area (Å²) in [5.74, 6) is 1.14. The van der Waals surface area contributed by atoms with Crippen molar-refractivity contribution in [2.24, 2.45) is 0 Å². The topological polar surface area (TPSA) is 51.3 Å². The summed E-state index contributed by atoms with van der Waals surface area (Å²) in [4.78, 5) is 4.17. The molecule has 6 heteroatoms. The minimum absolute atomic E-state index is 0.429. The van der Waals surface area contributed by atoms with E-state index in [0.717, 1.165) is 32.0 Å². The van der Waals surface area contributed by atoms with Gasteiger partial charge < -0.3 is 9.80 Å². The summed E-state index contributed by atoms with van der Waals surface area (Å²) in [6, 6.07) is 11.8. The fourth-order valence-corrected chi connectivity index (χ4v) is 4.80. The van der Waals surface area contributed by atoms with Crippen LogP contribution in [-0.2, 0) is 0 Å². The first-order valence-corrected chi connectivity index (χ1v) is 10.8. The Labute approximate surface area is 162 Å². The molecular formula is C21H33N6+. The van der Waals surface area contributed by atoms with Gasteiger partial charge in [0.25, 0.3) is 0 Å². The van der Waals surface area contributed by atoms with Gasteiger partial charge in [-0.05, 0) is 41.8 Å². The highest BCUT2D eigenvalue weighted by Crippen LogP contribution is 2.30. The van der Waals surface area contributed by atoms with Gasteiger partial charge in [-0.15, -0.1) is 5.10 Å². The fourth-order valence-electron chi connectivity index (χ4n) is 4.80. The third-order valence-electron chi connectivity index (χ3n) is 6.37. The summed E-state index contributed by atoms with van der Waals surface area (Å²) in [5, 5.41) is 13.0. The molecule has 1 aliphatic heterocycles. The summed E-state index contributed by atoms with van der Waals surface area (Å²) in [5.41, 5.74) is 1.34. The zero-order chi connectivity index (χ0) is 18.5. The van der Waals surface area contributed by atoms with Gasteiger partial charge in [-0.2, -0.15) is 0 Å². The molecule has 1 aromatic heterocycles. The Morgan fingerprint density at radius 1 is 1.11 bits per heavy atom. The highest BCUT2D eigenvalue weighted by Gasteiger charge is 2.34. The van der Waals surface area contributed by atoms with E-state index in [1.165, 1.54) is 50.6 Å². The van der Waals surface area contributed by atoms with Crippen LogP contribution in [0.2, 0.25) is 0 Å². The summed E-state index contributed by atoms with van der Waals surface area (Å²) < 4.78 is 2.18. The van der Waals surface area contributed by atoms with Crippen molar-refractivity contribution in [1.29, 1.82) is 0 Å². The number of nitrogens with zero attached hydrogens (tertiary/aromatic N) is 5. The average Bonchev–Trinajstić information content (AvgIpc) is 3.41. The molecule has 0 unspecified atom stereocenters. The van der Waals surface area contributed by atoms with E-state index in [0.29, 0.717) is 12.1 Å². The Bertz CT molecular complexity index is 686. The lowest BCUT2D eigenvalue weighted by Gasteiger charge is -2.37. The normalized spacial score (nSPS) is 20.3. The molecule has 27 heavy (non-hydrogen) atoms. The predicted octanol–water partition coefficient (Wildman–Crippen LogP) is 2.42. The lowest BCUT2D eigenvalue weighted by atomic mass is 10.1. The average molecular weight is 370 g/mol. The molecule has 2 aliphatic rings. The molecule has 1 saturated heterocycles. The van der Waals surface area contributed by atoms with E-state index >= 15 is 0 Å². The number of quaternary nitrogens is 1. The zero-order valence-corrected chi connectivity index (χ0v) is 16.6. The Morgan fingerprint density at radius 2 is 1.85 bits per heavy atom. The summed E-state index contributed by atoms with van der Waals surface area (Å²) in [6.07, 6.45) is 8.74. The summed E-state index contributed by atoms with van der Waals surface area (Å²) >= 11 is 0. The van der Waals surface area contributed by atoms with Crippen molar-refractivity contribution in [2.45, 2.75) is 64.0 Å². The van der Waals surface area contributed by atoms with Crippen LogP contribution in [0.1, 0.15) is 69.8 Å². The number of hydrogen-bond donors (Lipinski definition) is 1. The van der Waals surface area contributed by atoms with E-state index in [1.54, 1.807) is 4.90 Å². The number of aromatic nitrogens is 4. The first kappa shape index (κ1) is 18.4. The minimum atomic E-state index is 0.429. The molecule has 1 aliphatic carbocycles. The summed E-state index contributed by atoms with van der Waals surface area (Å²) in [6.45, 7) is 6.79. The van der Waals surface area contributed by atoms with Crippen LogP contribution in [0.15, 0.2) is 30.3 Å². The van der Waals surface area contributed by atoms with E-state index in [9.17, 15) is 0 Å². The maximum atomic E-state index is 4.53. The number of tetrazole rings is 1. The van der Waals surface area contributed by atoms with Gasteiger partial charge in [0.1, 0.15) is 6.04 Å². The second kappa shape index (κ2) is 8.83. The monoisotopic (exact) mass is 369 g/mol. The number of benzene rings is 1. The standard InChI is InChI=1S/C21H32N6/c1-2-3-13-20(21-22-23-24-27(21)19-11-7-8-12-19)26-16-14-25(15-17-26)18-9-5-4-6-10-18/h4-6,9-10,19-20H,2-3,7-8,11-17H2,1H3/p+1/t20-/m1/s1. The molecular weight excluding hydrogens is 336 g/mol. The van der Waals surface area contributed by atoms with Crippen molar-refractivity contribution in [3.63, 3.8) is 0 Å². The first-order valence-electron chi connectivity index (χ1n) is 10.8. The third kappa shape index (κ3) is 4.15. The van der Waals surface area contributed by atoms with Crippen molar-refractivity contribution >= 4 is 5.69 Å². The Hall–Kier alpha value is -1.95. The van der Waals surface area contributed by atoms with Crippen molar-refractivity contribution < 1.29 is 4.90 Å². The molecule has 4 rings (SSSR count).